The molecule has 0 amide bonds. The van der Waals surface area contributed by atoms with Gasteiger partial charge in [-0.25, -0.2) is 0 Å². The van der Waals surface area contributed by atoms with Crippen LogP contribution in [0.25, 0.3) is 0 Å². The van der Waals surface area contributed by atoms with Gasteiger partial charge in [-0.1, -0.05) is 13.0 Å². The Morgan fingerprint density at radius 2 is 1.89 bits per heavy atom. The van der Waals surface area contributed by atoms with E-state index in [-0.39, 0.29) is 0 Å². The monoisotopic (exact) mass is 249 g/mol. The molecule has 0 radical (unpaired) electrons. The normalized spacial score (nSPS) is 17.9. The predicted octanol–water partition coefficient (Wildman–Crippen LogP) is 2.95. The third-order valence-corrected chi connectivity index (χ3v) is 3.54. The third-order valence-electron chi connectivity index (χ3n) is 3.54. The molecule has 0 saturated carbocycles. The van der Waals surface area contributed by atoms with Crippen molar-refractivity contribution < 1.29 is 9.47 Å². The lowest BCUT2D eigenvalue weighted by Gasteiger charge is -2.18. The third kappa shape index (κ3) is 3.16. The number of hydrogen-bond donors (Lipinski definition) is 1. The van der Waals surface area contributed by atoms with Crippen molar-refractivity contribution in [3.05, 3.63) is 23.8 Å². The van der Waals surface area contributed by atoms with E-state index in [1.807, 2.05) is 13.1 Å². The van der Waals surface area contributed by atoms with Crippen molar-refractivity contribution in [3.8, 4) is 11.5 Å². The van der Waals surface area contributed by atoms with Gasteiger partial charge in [0.25, 0.3) is 0 Å². The molecule has 2 unspecified atom stereocenters. The quantitative estimate of drug-likeness (QED) is 0.890. The Balaban J connectivity index is 2.12. The van der Waals surface area contributed by atoms with Crippen LogP contribution in [0.3, 0.4) is 0 Å². The molecule has 2 atom stereocenters. The number of hydrogen-bond acceptors (Lipinski definition) is 3. The Bertz CT molecular complexity index is 392. The summed E-state index contributed by atoms with van der Waals surface area (Å²) in [6.45, 7) is 5.96. The molecule has 1 aromatic rings. The van der Waals surface area contributed by atoms with Gasteiger partial charge in [0.1, 0.15) is 0 Å². The molecule has 2 rings (SSSR count). The molecule has 1 N–H and O–H groups in total. The second-order valence-electron chi connectivity index (χ2n) is 5.08. The van der Waals surface area contributed by atoms with E-state index in [0.29, 0.717) is 12.0 Å². The first-order valence-corrected chi connectivity index (χ1v) is 6.77. The van der Waals surface area contributed by atoms with Gasteiger partial charge in [-0.3, -0.25) is 0 Å². The molecule has 0 saturated heterocycles. The van der Waals surface area contributed by atoms with Crippen LogP contribution in [0.4, 0.5) is 0 Å². The van der Waals surface area contributed by atoms with Gasteiger partial charge in [-0.05, 0) is 44.0 Å². The Morgan fingerprint density at radius 1 is 1.17 bits per heavy atom. The van der Waals surface area contributed by atoms with Gasteiger partial charge in [-0.15, -0.1) is 0 Å². The fourth-order valence-electron chi connectivity index (χ4n) is 2.27. The van der Waals surface area contributed by atoms with E-state index in [1.54, 1.807) is 0 Å². The van der Waals surface area contributed by atoms with E-state index in [9.17, 15) is 0 Å². The number of benzene rings is 1. The first kappa shape index (κ1) is 13.2. The highest BCUT2D eigenvalue weighted by atomic mass is 16.5. The molecule has 0 fully saturated rings. The maximum Gasteiger partial charge on any atom is 0.161 e. The van der Waals surface area contributed by atoms with Crippen LogP contribution in [0.5, 0.6) is 11.5 Å². The minimum Gasteiger partial charge on any atom is -0.490 e. The molecule has 3 nitrogen and oxygen atoms in total. The summed E-state index contributed by atoms with van der Waals surface area (Å²) < 4.78 is 11.4. The molecule has 1 aliphatic rings. The molecular formula is C15H23NO2. The molecule has 0 bridgehead atoms. The topological polar surface area (TPSA) is 30.5 Å². The second kappa shape index (κ2) is 6.10. The fourth-order valence-corrected chi connectivity index (χ4v) is 2.27. The van der Waals surface area contributed by atoms with Crippen molar-refractivity contribution >= 4 is 0 Å². The fraction of sp³-hybridized carbons (Fsp3) is 0.600. The van der Waals surface area contributed by atoms with Crippen molar-refractivity contribution in [1.82, 2.24) is 5.32 Å². The van der Waals surface area contributed by atoms with Crippen LogP contribution in [-0.4, -0.2) is 26.3 Å². The van der Waals surface area contributed by atoms with Crippen molar-refractivity contribution in [2.24, 2.45) is 0 Å². The summed E-state index contributed by atoms with van der Waals surface area (Å²) in [5, 5.41) is 3.28. The summed E-state index contributed by atoms with van der Waals surface area (Å²) in [6, 6.07) is 6.85. The standard InChI is InChI=1S/C15H23NO2/c1-11(9-12(2)16-3)13-5-6-14-15(10-13)18-8-4-7-17-14/h5-6,10-12,16H,4,7-9H2,1-3H3. The maximum absolute atomic E-state index is 5.73. The summed E-state index contributed by atoms with van der Waals surface area (Å²) in [7, 11) is 2.01. The maximum atomic E-state index is 5.73. The van der Waals surface area contributed by atoms with Crippen LogP contribution in [0, 0.1) is 0 Å². The van der Waals surface area contributed by atoms with Gasteiger partial charge in [0.05, 0.1) is 13.2 Å². The van der Waals surface area contributed by atoms with Crippen LogP contribution in [0.2, 0.25) is 0 Å². The number of rotatable bonds is 4. The van der Waals surface area contributed by atoms with Gasteiger partial charge in [0.2, 0.25) is 0 Å². The largest absolute Gasteiger partial charge is 0.490 e. The molecule has 100 valence electrons. The van der Waals surface area contributed by atoms with E-state index < -0.39 is 0 Å². The second-order valence-corrected chi connectivity index (χ2v) is 5.08. The van der Waals surface area contributed by atoms with Crippen LogP contribution in [0.1, 0.15) is 38.2 Å². The van der Waals surface area contributed by atoms with E-state index in [0.717, 1.165) is 37.6 Å². The van der Waals surface area contributed by atoms with Crippen molar-refractivity contribution in [2.45, 2.75) is 38.6 Å². The highest BCUT2D eigenvalue weighted by Gasteiger charge is 2.14. The first-order chi connectivity index (χ1) is 8.70. The minimum atomic E-state index is 0.518. The number of fused-ring (bicyclic) bond motifs is 1. The van der Waals surface area contributed by atoms with E-state index in [4.69, 9.17) is 9.47 Å². The summed E-state index contributed by atoms with van der Waals surface area (Å²) in [4.78, 5) is 0. The van der Waals surface area contributed by atoms with Crippen LogP contribution in [-0.2, 0) is 0 Å². The first-order valence-electron chi connectivity index (χ1n) is 6.77. The average Bonchev–Trinajstić information content (AvgIpc) is 2.62. The summed E-state index contributed by atoms with van der Waals surface area (Å²) in [5.74, 6) is 2.30. The molecule has 0 aromatic heterocycles. The number of nitrogens with one attached hydrogen (secondary N) is 1. The minimum absolute atomic E-state index is 0.518. The smallest absolute Gasteiger partial charge is 0.161 e. The van der Waals surface area contributed by atoms with Crippen molar-refractivity contribution in [3.63, 3.8) is 0 Å². The van der Waals surface area contributed by atoms with Gasteiger partial charge in [-0.2, -0.15) is 0 Å². The molecule has 18 heavy (non-hydrogen) atoms. The average molecular weight is 249 g/mol. The lowest BCUT2D eigenvalue weighted by Crippen LogP contribution is -2.22. The highest BCUT2D eigenvalue weighted by Crippen LogP contribution is 2.33. The predicted molar refractivity (Wildman–Crippen MR) is 73.6 cm³/mol. The van der Waals surface area contributed by atoms with E-state index in [1.165, 1.54) is 5.56 Å². The van der Waals surface area contributed by atoms with Crippen molar-refractivity contribution in [1.29, 1.82) is 0 Å². The Hall–Kier alpha value is -1.22. The zero-order chi connectivity index (χ0) is 13.0. The molecule has 1 aliphatic heterocycles. The van der Waals surface area contributed by atoms with E-state index >= 15 is 0 Å². The van der Waals surface area contributed by atoms with Gasteiger partial charge >= 0.3 is 0 Å². The zero-order valence-electron chi connectivity index (χ0n) is 11.5. The van der Waals surface area contributed by atoms with Gasteiger partial charge in [0.15, 0.2) is 11.5 Å². The summed E-state index contributed by atoms with van der Waals surface area (Å²) in [6.07, 6.45) is 2.08. The molecule has 1 aromatic carbocycles. The molecule has 1 heterocycles. The Kier molecular flexibility index (Phi) is 4.48. The summed E-state index contributed by atoms with van der Waals surface area (Å²) in [5.41, 5.74) is 1.32. The highest BCUT2D eigenvalue weighted by molar-refractivity contribution is 5.44. The van der Waals surface area contributed by atoms with Gasteiger partial charge < -0.3 is 14.8 Å². The molecule has 0 spiro atoms. The van der Waals surface area contributed by atoms with Crippen LogP contribution >= 0.6 is 0 Å². The lowest BCUT2D eigenvalue weighted by molar-refractivity contribution is 0.297. The SMILES string of the molecule is CNC(C)CC(C)c1ccc2c(c1)OCCCO2. The molecule has 3 heteroatoms. The van der Waals surface area contributed by atoms with Crippen LogP contribution in [0.15, 0.2) is 18.2 Å². The Morgan fingerprint density at radius 3 is 2.61 bits per heavy atom. The Labute approximate surface area is 109 Å². The summed E-state index contributed by atoms with van der Waals surface area (Å²) >= 11 is 0. The van der Waals surface area contributed by atoms with Gasteiger partial charge in [0, 0.05) is 12.5 Å². The number of ether oxygens (including phenoxy) is 2. The van der Waals surface area contributed by atoms with E-state index in [2.05, 4.69) is 31.3 Å². The molecule has 0 aliphatic carbocycles. The van der Waals surface area contributed by atoms with Crippen LogP contribution < -0.4 is 14.8 Å². The van der Waals surface area contributed by atoms with Crippen molar-refractivity contribution in [2.75, 3.05) is 20.3 Å². The lowest BCUT2D eigenvalue weighted by atomic mass is 9.94. The molecular weight excluding hydrogens is 226 g/mol. The zero-order valence-corrected chi connectivity index (χ0v) is 11.5.